The summed E-state index contributed by atoms with van der Waals surface area (Å²) in [5.74, 6) is -0.995. The number of hydrogen-bond acceptors (Lipinski definition) is 3. The summed E-state index contributed by atoms with van der Waals surface area (Å²) < 4.78 is 13.8. The van der Waals surface area contributed by atoms with Crippen LogP contribution in [-0.2, 0) is 0 Å². The minimum absolute atomic E-state index is 0.135. The SMILES string of the molecule is Cc1ccc(C(=O)N2CCN(C(=O)c3ccc(NC(=O)c4ccccc4)cc3)CC2)cc1F. The van der Waals surface area contributed by atoms with E-state index in [-0.39, 0.29) is 17.7 Å². The molecule has 1 aliphatic heterocycles. The predicted molar refractivity (Wildman–Crippen MR) is 124 cm³/mol. The number of rotatable bonds is 4. The highest BCUT2D eigenvalue weighted by atomic mass is 19.1. The summed E-state index contributed by atoms with van der Waals surface area (Å²) in [5, 5.41) is 2.81. The number of piperazine rings is 1. The molecule has 0 atom stereocenters. The lowest BCUT2D eigenvalue weighted by Gasteiger charge is -2.35. The molecular formula is C26H24FN3O3. The van der Waals surface area contributed by atoms with Crippen LogP contribution < -0.4 is 5.32 Å². The lowest BCUT2D eigenvalue weighted by atomic mass is 10.1. The maximum Gasteiger partial charge on any atom is 0.255 e. The molecule has 1 heterocycles. The van der Waals surface area contributed by atoms with Gasteiger partial charge in [-0.3, -0.25) is 14.4 Å². The highest BCUT2D eigenvalue weighted by Gasteiger charge is 2.26. The fourth-order valence-corrected chi connectivity index (χ4v) is 3.69. The molecule has 0 unspecified atom stereocenters. The van der Waals surface area contributed by atoms with E-state index in [0.717, 1.165) is 0 Å². The van der Waals surface area contributed by atoms with E-state index in [0.29, 0.717) is 54.1 Å². The number of amides is 3. The Morgan fingerprint density at radius 1 is 0.727 bits per heavy atom. The molecule has 3 aromatic rings. The Morgan fingerprint density at radius 2 is 1.27 bits per heavy atom. The minimum atomic E-state index is -0.405. The van der Waals surface area contributed by atoms with Crippen molar-refractivity contribution < 1.29 is 18.8 Å². The van der Waals surface area contributed by atoms with Gasteiger partial charge in [0.05, 0.1) is 0 Å². The van der Waals surface area contributed by atoms with Crippen LogP contribution in [0.25, 0.3) is 0 Å². The number of nitrogens with zero attached hydrogens (tertiary/aromatic N) is 2. The molecule has 0 saturated carbocycles. The van der Waals surface area contributed by atoms with Crippen molar-refractivity contribution in [2.24, 2.45) is 0 Å². The van der Waals surface area contributed by atoms with Gasteiger partial charge in [-0.15, -0.1) is 0 Å². The maximum atomic E-state index is 13.8. The van der Waals surface area contributed by atoms with E-state index >= 15 is 0 Å². The maximum absolute atomic E-state index is 13.8. The molecule has 0 aromatic heterocycles. The standard InChI is InChI=1S/C26H24FN3O3/c1-18-7-8-21(17-23(18)27)26(33)30-15-13-29(14-16-30)25(32)20-9-11-22(12-10-20)28-24(31)19-5-3-2-4-6-19/h2-12,17H,13-16H2,1H3,(H,28,31). The first kappa shape index (κ1) is 22.2. The summed E-state index contributed by atoms with van der Waals surface area (Å²) >= 11 is 0. The van der Waals surface area contributed by atoms with Crippen LogP contribution in [0.15, 0.2) is 72.8 Å². The average molecular weight is 445 g/mol. The first-order valence-corrected chi connectivity index (χ1v) is 10.7. The van der Waals surface area contributed by atoms with Crippen LogP contribution in [0.2, 0.25) is 0 Å². The number of hydrogen-bond donors (Lipinski definition) is 1. The molecule has 6 nitrogen and oxygen atoms in total. The van der Waals surface area contributed by atoms with Gasteiger partial charge < -0.3 is 15.1 Å². The molecule has 3 aromatic carbocycles. The van der Waals surface area contributed by atoms with Gasteiger partial charge in [0.15, 0.2) is 0 Å². The van der Waals surface area contributed by atoms with E-state index in [2.05, 4.69) is 5.32 Å². The van der Waals surface area contributed by atoms with Crippen molar-refractivity contribution in [1.82, 2.24) is 9.80 Å². The van der Waals surface area contributed by atoms with Gasteiger partial charge in [-0.2, -0.15) is 0 Å². The molecule has 1 fully saturated rings. The largest absolute Gasteiger partial charge is 0.335 e. The van der Waals surface area contributed by atoms with Gasteiger partial charge in [0.1, 0.15) is 5.82 Å². The van der Waals surface area contributed by atoms with Gasteiger partial charge in [-0.25, -0.2) is 4.39 Å². The highest BCUT2D eigenvalue weighted by molar-refractivity contribution is 6.04. The number of aryl methyl sites for hydroxylation is 1. The summed E-state index contributed by atoms with van der Waals surface area (Å²) in [6, 6.07) is 20.1. The second-order valence-electron chi connectivity index (χ2n) is 7.95. The third kappa shape index (κ3) is 5.09. The van der Waals surface area contributed by atoms with Crippen LogP contribution in [0, 0.1) is 12.7 Å². The average Bonchev–Trinajstić information content (AvgIpc) is 2.86. The van der Waals surface area contributed by atoms with Gasteiger partial charge in [-0.05, 0) is 61.0 Å². The number of carbonyl (C=O) groups is 3. The highest BCUT2D eigenvalue weighted by Crippen LogP contribution is 2.16. The van der Waals surface area contributed by atoms with E-state index in [1.165, 1.54) is 6.07 Å². The van der Waals surface area contributed by atoms with Crippen molar-refractivity contribution in [3.63, 3.8) is 0 Å². The number of benzene rings is 3. The normalized spacial score (nSPS) is 13.5. The first-order valence-electron chi connectivity index (χ1n) is 10.7. The zero-order valence-electron chi connectivity index (χ0n) is 18.3. The molecule has 1 aliphatic rings. The van der Waals surface area contributed by atoms with Crippen LogP contribution in [0.5, 0.6) is 0 Å². The zero-order valence-corrected chi connectivity index (χ0v) is 18.3. The van der Waals surface area contributed by atoms with E-state index in [9.17, 15) is 18.8 Å². The fourth-order valence-electron chi connectivity index (χ4n) is 3.69. The van der Waals surface area contributed by atoms with Crippen LogP contribution in [0.3, 0.4) is 0 Å². The zero-order chi connectivity index (χ0) is 23.4. The third-order valence-corrected chi connectivity index (χ3v) is 5.70. The van der Waals surface area contributed by atoms with Gasteiger partial charge >= 0.3 is 0 Å². The van der Waals surface area contributed by atoms with E-state index in [1.807, 2.05) is 6.07 Å². The van der Waals surface area contributed by atoms with E-state index in [4.69, 9.17) is 0 Å². The summed E-state index contributed by atoms with van der Waals surface area (Å²) in [6.07, 6.45) is 0. The number of carbonyl (C=O) groups excluding carboxylic acids is 3. The Bertz CT molecular complexity index is 1170. The Kier molecular flexibility index (Phi) is 6.49. The molecule has 1 saturated heterocycles. The lowest BCUT2D eigenvalue weighted by Crippen LogP contribution is -2.50. The molecule has 0 aliphatic carbocycles. The van der Waals surface area contributed by atoms with Crippen molar-refractivity contribution in [2.45, 2.75) is 6.92 Å². The Hall–Kier alpha value is -4.00. The van der Waals surface area contributed by atoms with Crippen LogP contribution in [-0.4, -0.2) is 53.7 Å². The minimum Gasteiger partial charge on any atom is -0.335 e. The predicted octanol–water partition coefficient (Wildman–Crippen LogP) is 3.98. The number of anilines is 1. The fraction of sp³-hybridized carbons (Fsp3) is 0.192. The van der Waals surface area contributed by atoms with Crippen molar-refractivity contribution in [1.29, 1.82) is 0 Å². The first-order chi connectivity index (χ1) is 15.9. The summed E-state index contributed by atoms with van der Waals surface area (Å²) in [4.78, 5) is 41.1. The van der Waals surface area contributed by atoms with Crippen molar-refractivity contribution in [3.05, 3.63) is 101 Å². The molecule has 0 radical (unpaired) electrons. The van der Waals surface area contributed by atoms with Crippen molar-refractivity contribution in [2.75, 3.05) is 31.5 Å². The number of halogens is 1. The van der Waals surface area contributed by atoms with Crippen LogP contribution in [0.1, 0.15) is 36.6 Å². The number of nitrogens with one attached hydrogen (secondary N) is 1. The van der Waals surface area contributed by atoms with Crippen molar-refractivity contribution >= 4 is 23.4 Å². The second kappa shape index (κ2) is 9.65. The monoisotopic (exact) mass is 445 g/mol. The van der Waals surface area contributed by atoms with Gasteiger partial charge in [-0.1, -0.05) is 24.3 Å². The molecule has 7 heteroatoms. The molecule has 0 bridgehead atoms. The molecule has 3 amide bonds. The van der Waals surface area contributed by atoms with Crippen molar-refractivity contribution in [3.8, 4) is 0 Å². The quantitative estimate of drug-likeness (QED) is 0.660. The molecule has 168 valence electrons. The Morgan fingerprint density at radius 3 is 1.85 bits per heavy atom. The lowest BCUT2D eigenvalue weighted by molar-refractivity contribution is 0.0535. The Labute approximate surface area is 191 Å². The molecular weight excluding hydrogens is 421 g/mol. The molecule has 33 heavy (non-hydrogen) atoms. The molecule has 1 N–H and O–H groups in total. The summed E-state index contributed by atoms with van der Waals surface area (Å²) in [6.45, 7) is 3.20. The smallest absolute Gasteiger partial charge is 0.255 e. The Balaban J connectivity index is 1.33. The van der Waals surface area contributed by atoms with Crippen LogP contribution >= 0.6 is 0 Å². The molecule has 4 rings (SSSR count). The van der Waals surface area contributed by atoms with E-state index < -0.39 is 5.82 Å². The topological polar surface area (TPSA) is 69.7 Å². The van der Waals surface area contributed by atoms with Gasteiger partial charge in [0.25, 0.3) is 17.7 Å². The summed E-state index contributed by atoms with van der Waals surface area (Å²) in [7, 11) is 0. The van der Waals surface area contributed by atoms with Crippen LogP contribution in [0.4, 0.5) is 10.1 Å². The molecule has 0 spiro atoms. The summed E-state index contributed by atoms with van der Waals surface area (Å²) in [5.41, 5.74) is 2.46. The third-order valence-electron chi connectivity index (χ3n) is 5.70. The van der Waals surface area contributed by atoms with Gasteiger partial charge in [0, 0.05) is 48.6 Å². The van der Waals surface area contributed by atoms with E-state index in [1.54, 1.807) is 77.4 Å². The second-order valence-corrected chi connectivity index (χ2v) is 7.95. The van der Waals surface area contributed by atoms with Gasteiger partial charge in [0.2, 0.25) is 0 Å².